The minimum absolute atomic E-state index is 0.238. The molecule has 1 atom stereocenters. The summed E-state index contributed by atoms with van der Waals surface area (Å²) in [4.78, 5) is 10.6. The maximum Gasteiger partial charge on any atom is 0.238 e. The topological polar surface area (TPSA) is 89.3 Å². The van der Waals surface area contributed by atoms with E-state index in [1.807, 2.05) is 0 Å². The number of hydrogen-bond acceptors (Lipinski definition) is 4. The number of halogens is 2. The molecule has 0 spiro atoms. The summed E-state index contributed by atoms with van der Waals surface area (Å²) in [6.45, 7) is 4.35. The molecule has 8 heteroatoms. The lowest BCUT2D eigenvalue weighted by atomic mass is 10.3. The van der Waals surface area contributed by atoms with E-state index in [1.54, 1.807) is 13.8 Å². The largest absolute Gasteiger partial charge is 0.399 e. The Morgan fingerprint density at radius 3 is 2.05 bits per heavy atom. The number of amides is 1. The zero-order valence-electron chi connectivity index (χ0n) is 11.3. The second kappa shape index (κ2) is 5.74. The Morgan fingerprint density at radius 1 is 1.20 bits per heavy atom. The van der Waals surface area contributed by atoms with Gasteiger partial charge < -0.3 is 11.1 Å². The second-order valence-corrected chi connectivity index (χ2v) is 6.87. The van der Waals surface area contributed by atoms with E-state index in [-0.39, 0.29) is 11.7 Å². The number of nitrogens with one attached hydrogen (secondary N) is 1. The fourth-order valence-electron chi connectivity index (χ4n) is 1.57. The van der Waals surface area contributed by atoms with E-state index in [2.05, 4.69) is 5.32 Å². The van der Waals surface area contributed by atoms with Crippen LogP contribution in [0.1, 0.15) is 20.8 Å². The van der Waals surface area contributed by atoms with Crippen LogP contribution in [0.25, 0.3) is 0 Å². The van der Waals surface area contributed by atoms with Gasteiger partial charge in [0.15, 0.2) is 9.84 Å². The fourth-order valence-corrected chi connectivity index (χ4v) is 2.94. The normalized spacial score (nSPS) is 13.3. The number of nitrogens with two attached hydrogens (primary N) is 1. The second-order valence-electron chi connectivity index (χ2n) is 4.66. The van der Waals surface area contributed by atoms with Gasteiger partial charge >= 0.3 is 0 Å². The molecule has 20 heavy (non-hydrogen) atoms. The number of carbonyl (C=O) groups excluding carboxylic acids is 1. The Bertz CT molecular complexity index is 607. The Labute approximate surface area is 116 Å². The van der Waals surface area contributed by atoms with Crippen LogP contribution in [0.5, 0.6) is 0 Å². The number of sulfone groups is 1. The molecule has 0 bridgehead atoms. The zero-order chi connectivity index (χ0) is 15.7. The molecule has 0 aliphatic carbocycles. The first-order valence-electron chi connectivity index (χ1n) is 5.86. The van der Waals surface area contributed by atoms with Gasteiger partial charge in [-0.05, 0) is 32.9 Å². The maximum atomic E-state index is 13.7. The molecule has 1 unspecified atom stereocenters. The number of rotatable bonds is 4. The molecule has 1 amide bonds. The Hall–Kier alpha value is -1.70. The maximum absolute atomic E-state index is 13.7. The van der Waals surface area contributed by atoms with Crippen molar-refractivity contribution in [3.8, 4) is 0 Å². The zero-order valence-corrected chi connectivity index (χ0v) is 12.1. The Balaban J connectivity index is 3.27. The van der Waals surface area contributed by atoms with Crippen LogP contribution in [-0.2, 0) is 14.6 Å². The van der Waals surface area contributed by atoms with Crippen molar-refractivity contribution >= 4 is 21.4 Å². The first-order valence-corrected chi connectivity index (χ1v) is 7.40. The molecule has 0 heterocycles. The third kappa shape index (κ3) is 3.24. The SMILES string of the molecule is CC(C)NC(=O)C(C)S(=O)(=O)c1c(F)cc(N)cc1F. The van der Waals surface area contributed by atoms with E-state index in [1.165, 1.54) is 0 Å². The predicted octanol–water partition coefficient (Wildman–Crippen LogP) is 1.23. The number of carbonyl (C=O) groups is 1. The minimum Gasteiger partial charge on any atom is -0.399 e. The van der Waals surface area contributed by atoms with E-state index in [0.717, 1.165) is 6.92 Å². The van der Waals surface area contributed by atoms with Gasteiger partial charge in [0.05, 0.1) is 0 Å². The van der Waals surface area contributed by atoms with Gasteiger partial charge in [0.25, 0.3) is 0 Å². The van der Waals surface area contributed by atoms with Gasteiger partial charge in [-0.15, -0.1) is 0 Å². The highest BCUT2D eigenvalue weighted by atomic mass is 32.2. The van der Waals surface area contributed by atoms with Crippen LogP contribution >= 0.6 is 0 Å². The van der Waals surface area contributed by atoms with Crippen molar-refractivity contribution < 1.29 is 22.0 Å². The summed E-state index contributed by atoms with van der Waals surface area (Å²) < 4.78 is 51.6. The van der Waals surface area contributed by atoms with E-state index < -0.39 is 37.5 Å². The minimum atomic E-state index is -4.48. The molecule has 5 nitrogen and oxygen atoms in total. The van der Waals surface area contributed by atoms with Crippen molar-refractivity contribution in [3.05, 3.63) is 23.8 Å². The van der Waals surface area contributed by atoms with Crippen LogP contribution < -0.4 is 11.1 Å². The van der Waals surface area contributed by atoms with Crippen molar-refractivity contribution in [3.63, 3.8) is 0 Å². The lowest BCUT2D eigenvalue weighted by Crippen LogP contribution is -2.41. The summed E-state index contributed by atoms with van der Waals surface area (Å²) in [5.74, 6) is -3.45. The van der Waals surface area contributed by atoms with Gasteiger partial charge in [0.2, 0.25) is 5.91 Å². The number of anilines is 1. The van der Waals surface area contributed by atoms with E-state index in [0.29, 0.717) is 12.1 Å². The number of nitrogen functional groups attached to an aromatic ring is 1. The quantitative estimate of drug-likeness (QED) is 0.819. The average Bonchev–Trinajstić information content (AvgIpc) is 2.24. The van der Waals surface area contributed by atoms with Crippen molar-refractivity contribution in [2.45, 2.75) is 37.0 Å². The standard InChI is InChI=1S/C12H16F2N2O3S/c1-6(2)16-12(17)7(3)20(18,19)11-9(13)4-8(15)5-10(11)14/h4-7H,15H2,1-3H3,(H,16,17). The lowest BCUT2D eigenvalue weighted by Gasteiger charge is -2.16. The molecule has 1 aromatic carbocycles. The molecule has 0 saturated heterocycles. The number of benzene rings is 1. The third-order valence-electron chi connectivity index (χ3n) is 2.57. The molecule has 1 aromatic rings. The van der Waals surface area contributed by atoms with Crippen LogP contribution in [0.15, 0.2) is 17.0 Å². The van der Waals surface area contributed by atoms with Crippen LogP contribution in [0.3, 0.4) is 0 Å². The van der Waals surface area contributed by atoms with Gasteiger partial charge in [-0.25, -0.2) is 17.2 Å². The highest BCUT2D eigenvalue weighted by molar-refractivity contribution is 7.92. The summed E-state index contributed by atoms with van der Waals surface area (Å²) in [6.07, 6.45) is 0. The fraction of sp³-hybridized carbons (Fsp3) is 0.417. The van der Waals surface area contributed by atoms with Crippen molar-refractivity contribution in [1.29, 1.82) is 0 Å². The van der Waals surface area contributed by atoms with Gasteiger partial charge in [-0.1, -0.05) is 0 Å². The van der Waals surface area contributed by atoms with Crippen molar-refractivity contribution in [1.82, 2.24) is 5.32 Å². The molecule has 0 aromatic heterocycles. The predicted molar refractivity (Wildman–Crippen MR) is 70.7 cm³/mol. The molecule has 112 valence electrons. The van der Waals surface area contributed by atoms with Gasteiger partial charge in [0.1, 0.15) is 21.8 Å². The summed E-state index contributed by atoms with van der Waals surface area (Å²) in [5.41, 5.74) is 4.98. The first kappa shape index (κ1) is 16.4. The highest BCUT2D eigenvalue weighted by Gasteiger charge is 2.35. The monoisotopic (exact) mass is 306 g/mol. The first-order chi connectivity index (χ1) is 9.07. The molecular formula is C12H16F2N2O3S. The van der Waals surface area contributed by atoms with Gasteiger partial charge in [0, 0.05) is 11.7 Å². The van der Waals surface area contributed by atoms with Gasteiger partial charge in [-0.3, -0.25) is 4.79 Å². The summed E-state index contributed by atoms with van der Waals surface area (Å²) in [6, 6.07) is 1.10. The summed E-state index contributed by atoms with van der Waals surface area (Å²) in [7, 11) is -4.48. The van der Waals surface area contributed by atoms with Crippen molar-refractivity contribution in [2.24, 2.45) is 0 Å². The summed E-state index contributed by atoms with van der Waals surface area (Å²) >= 11 is 0. The van der Waals surface area contributed by atoms with Gasteiger partial charge in [-0.2, -0.15) is 0 Å². The molecule has 1 rings (SSSR count). The van der Waals surface area contributed by atoms with Crippen LogP contribution in [0.2, 0.25) is 0 Å². The molecule has 0 saturated carbocycles. The molecule has 0 aliphatic heterocycles. The third-order valence-corrected chi connectivity index (χ3v) is 4.67. The van der Waals surface area contributed by atoms with Crippen LogP contribution in [-0.4, -0.2) is 25.6 Å². The van der Waals surface area contributed by atoms with E-state index in [9.17, 15) is 22.0 Å². The molecule has 3 N–H and O–H groups in total. The lowest BCUT2D eigenvalue weighted by molar-refractivity contribution is -0.120. The molecule has 0 radical (unpaired) electrons. The summed E-state index contributed by atoms with van der Waals surface area (Å²) in [5, 5.41) is 0.768. The Kier molecular flexibility index (Phi) is 4.69. The van der Waals surface area contributed by atoms with E-state index in [4.69, 9.17) is 5.73 Å². The van der Waals surface area contributed by atoms with Crippen LogP contribution in [0.4, 0.5) is 14.5 Å². The molecular weight excluding hydrogens is 290 g/mol. The molecule has 0 fully saturated rings. The number of hydrogen-bond donors (Lipinski definition) is 2. The average molecular weight is 306 g/mol. The Morgan fingerprint density at radius 2 is 1.65 bits per heavy atom. The van der Waals surface area contributed by atoms with Crippen molar-refractivity contribution in [2.75, 3.05) is 5.73 Å². The van der Waals surface area contributed by atoms with Crippen LogP contribution in [0, 0.1) is 11.6 Å². The molecule has 0 aliphatic rings. The highest BCUT2D eigenvalue weighted by Crippen LogP contribution is 2.25. The van der Waals surface area contributed by atoms with E-state index >= 15 is 0 Å². The smallest absolute Gasteiger partial charge is 0.238 e.